The van der Waals surface area contributed by atoms with Crippen molar-refractivity contribution >= 4 is 17.7 Å². The van der Waals surface area contributed by atoms with Crippen LogP contribution in [0.3, 0.4) is 0 Å². The highest BCUT2D eigenvalue weighted by Gasteiger charge is 2.59. The van der Waals surface area contributed by atoms with Crippen LogP contribution >= 0.6 is 11.8 Å². The number of guanidine groups is 1. The number of nitrogens with one attached hydrogen (secondary N) is 2. The molecule has 0 amide bonds. The lowest BCUT2D eigenvalue weighted by atomic mass is 9.57. The summed E-state index contributed by atoms with van der Waals surface area (Å²) in [7, 11) is 1.79. The second-order valence-electron chi connectivity index (χ2n) is 7.14. The molecule has 3 fully saturated rings. The lowest BCUT2D eigenvalue weighted by Crippen LogP contribution is -2.68. The van der Waals surface area contributed by atoms with Gasteiger partial charge in [0.2, 0.25) is 0 Å². The summed E-state index contributed by atoms with van der Waals surface area (Å²) in [4.78, 5) is 4.32. The Kier molecular flexibility index (Phi) is 4.14. The van der Waals surface area contributed by atoms with Gasteiger partial charge < -0.3 is 20.5 Å². The summed E-state index contributed by atoms with van der Waals surface area (Å²) in [5.41, 5.74) is -0.449. The summed E-state index contributed by atoms with van der Waals surface area (Å²) >= 11 is 1.82. The van der Waals surface area contributed by atoms with Crippen LogP contribution < -0.4 is 10.6 Å². The molecule has 0 aromatic carbocycles. The van der Waals surface area contributed by atoms with Crippen LogP contribution in [0.1, 0.15) is 26.7 Å². The van der Waals surface area contributed by atoms with Gasteiger partial charge in [0.15, 0.2) is 5.96 Å². The van der Waals surface area contributed by atoms with Crippen LogP contribution in [0.15, 0.2) is 4.99 Å². The molecule has 4 unspecified atom stereocenters. The molecule has 0 aromatic rings. The smallest absolute Gasteiger partial charge is 0.191 e. The molecule has 2 heterocycles. The van der Waals surface area contributed by atoms with Crippen LogP contribution in [0.25, 0.3) is 0 Å². The van der Waals surface area contributed by atoms with Crippen LogP contribution in [-0.2, 0) is 4.74 Å². The topological polar surface area (TPSA) is 65.9 Å². The predicted octanol–water partition coefficient (Wildman–Crippen LogP) is 0.833. The van der Waals surface area contributed by atoms with Gasteiger partial charge in [-0.15, -0.1) is 0 Å². The summed E-state index contributed by atoms with van der Waals surface area (Å²) in [5.74, 6) is 3.23. The first kappa shape index (κ1) is 15.4. The van der Waals surface area contributed by atoms with Gasteiger partial charge in [-0.05, 0) is 18.6 Å². The highest BCUT2D eigenvalue weighted by atomic mass is 32.2. The summed E-state index contributed by atoms with van der Waals surface area (Å²) in [5, 5.41) is 17.3. The molecule has 1 saturated carbocycles. The largest absolute Gasteiger partial charge is 0.387 e. The Bertz CT molecular complexity index is 421. The van der Waals surface area contributed by atoms with E-state index in [1.807, 2.05) is 11.8 Å². The molecule has 3 rings (SSSR count). The monoisotopic (exact) mass is 313 g/mol. The van der Waals surface area contributed by atoms with Gasteiger partial charge in [-0.1, -0.05) is 13.8 Å². The van der Waals surface area contributed by atoms with Gasteiger partial charge in [0.1, 0.15) is 0 Å². The Hall–Kier alpha value is -0.460. The van der Waals surface area contributed by atoms with Crippen molar-refractivity contribution < 1.29 is 9.84 Å². The molecule has 3 aliphatic rings. The molecule has 6 heteroatoms. The molecule has 4 atom stereocenters. The molecule has 0 radical (unpaired) electrons. The van der Waals surface area contributed by atoms with Gasteiger partial charge in [-0.25, -0.2) is 0 Å². The van der Waals surface area contributed by atoms with Gasteiger partial charge in [0.25, 0.3) is 0 Å². The Morgan fingerprint density at radius 2 is 2.29 bits per heavy atom. The normalized spacial score (nSPS) is 41.5. The fraction of sp³-hybridized carbons (Fsp3) is 0.933. The average molecular weight is 313 g/mol. The number of nitrogens with zero attached hydrogens (tertiary/aromatic N) is 1. The van der Waals surface area contributed by atoms with Crippen molar-refractivity contribution in [2.45, 2.75) is 44.4 Å². The Labute approximate surface area is 131 Å². The van der Waals surface area contributed by atoms with Crippen molar-refractivity contribution in [2.24, 2.45) is 16.3 Å². The zero-order valence-electron chi connectivity index (χ0n) is 13.2. The fourth-order valence-electron chi connectivity index (χ4n) is 3.94. The molecule has 2 aliphatic heterocycles. The van der Waals surface area contributed by atoms with E-state index in [4.69, 9.17) is 4.74 Å². The van der Waals surface area contributed by atoms with Crippen molar-refractivity contribution in [3.8, 4) is 0 Å². The number of thioether (sulfide) groups is 1. The number of fused-ring (bicyclic) bond motifs is 1. The second-order valence-corrected chi connectivity index (χ2v) is 8.25. The highest BCUT2D eigenvalue weighted by molar-refractivity contribution is 7.99. The predicted molar refractivity (Wildman–Crippen MR) is 86.8 cm³/mol. The molecular formula is C15H27N3O2S. The van der Waals surface area contributed by atoms with Crippen molar-refractivity contribution in [3.63, 3.8) is 0 Å². The van der Waals surface area contributed by atoms with E-state index >= 15 is 0 Å². The summed E-state index contributed by atoms with van der Waals surface area (Å²) < 4.78 is 5.83. The maximum absolute atomic E-state index is 10.4. The summed E-state index contributed by atoms with van der Waals surface area (Å²) in [6.45, 7) is 5.95. The number of aliphatic hydroxyl groups is 1. The van der Waals surface area contributed by atoms with E-state index < -0.39 is 5.60 Å². The number of ether oxygens (including phenoxy) is 1. The highest BCUT2D eigenvalue weighted by Crippen LogP contribution is 2.52. The van der Waals surface area contributed by atoms with Gasteiger partial charge in [0, 0.05) is 43.3 Å². The maximum Gasteiger partial charge on any atom is 0.191 e. The molecule has 5 nitrogen and oxygen atoms in total. The average Bonchev–Trinajstić information content (AvgIpc) is 3.07. The van der Waals surface area contributed by atoms with E-state index in [1.54, 1.807) is 7.05 Å². The third kappa shape index (κ3) is 2.78. The Morgan fingerprint density at radius 1 is 1.48 bits per heavy atom. The van der Waals surface area contributed by atoms with Crippen LogP contribution in [0.5, 0.6) is 0 Å². The number of rotatable bonds is 3. The Morgan fingerprint density at radius 3 is 2.95 bits per heavy atom. The molecule has 120 valence electrons. The zero-order chi connectivity index (χ0) is 15.1. The molecule has 0 bridgehead atoms. The summed E-state index contributed by atoms with van der Waals surface area (Å²) in [6, 6.07) is 0.392. The van der Waals surface area contributed by atoms with Gasteiger partial charge in [-0.3, -0.25) is 4.99 Å². The van der Waals surface area contributed by atoms with Crippen molar-refractivity contribution in [1.82, 2.24) is 10.6 Å². The third-order valence-corrected chi connectivity index (χ3v) is 6.52. The zero-order valence-corrected chi connectivity index (χ0v) is 14.0. The second kappa shape index (κ2) is 5.63. The van der Waals surface area contributed by atoms with Gasteiger partial charge in [0.05, 0.1) is 11.7 Å². The number of hydrogen-bond acceptors (Lipinski definition) is 4. The Balaban J connectivity index is 1.55. The SMILES string of the molecule is CN=C(NCC1(O)CCSC1)NC1C2CCOC2C1(C)C. The first-order chi connectivity index (χ1) is 9.96. The molecule has 3 N–H and O–H groups in total. The minimum Gasteiger partial charge on any atom is -0.387 e. The van der Waals surface area contributed by atoms with Crippen LogP contribution in [0.4, 0.5) is 0 Å². The van der Waals surface area contributed by atoms with Crippen molar-refractivity contribution in [2.75, 3.05) is 31.7 Å². The summed E-state index contributed by atoms with van der Waals surface area (Å²) in [6.07, 6.45) is 2.36. The van der Waals surface area contributed by atoms with Crippen molar-refractivity contribution in [1.29, 1.82) is 0 Å². The van der Waals surface area contributed by atoms with E-state index in [1.165, 1.54) is 0 Å². The quantitative estimate of drug-likeness (QED) is 0.532. The molecule has 2 saturated heterocycles. The maximum atomic E-state index is 10.4. The first-order valence-corrected chi connectivity index (χ1v) is 9.01. The lowest BCUT2D eigenvalue weighted by Gasteiger charge is -2.55. The van der Waals surface area contributed by atoms with E-state index in [-0.39, 0.29) is 5.41 Å². The van der Waals surface area contributed by atoms with E-state index in [0.29, 0.717) is 24.6 Å². The van der Waals surface area contributed by atoms with Crippen LogP contribution in [0.2, 0.25) is 0 Å². The van der Waals surface area contributed by atoms with E-state index in [9.17, 15) is 5.11 Å². The minimum absolute atomic E-state index is 0.138. The first-order valence-electron chi connectivity index (χ1n) is 7.85. The molecule has 0 spiro atoms. The molecule has 21 heavy (non-hydrogen) atoms. The molecule has 0 aromatic heterocycles. The van der Waals surface area contributed by atoms with E-state index in [0.717, 1.165) is 36.9 Å². The minimum atomic E-state index is -0.587. The van der Waals surface area contributed by atoms with Crippen LogP contribution in [0, 0.1) is 11.3 Å². The fourth-order valence-corrected chi connectivity index (χ4v) is 5.24. The third-order valence-electron chi connectivity index (χ3n) is 5.28. The van der Waals surface area contributed by atoms with E-state index in [2.05, 4.69) is 29.5 Å². The van der Waals surface area contributed by atoms with Crippen LogP contribution in [-0.4, -0.2) is 60.5 Å². The number of hydrogen-bond donors (Lipinski definition) is 3. The molecular weight excluding hydrogens is 286 g/mol. The number of aliphatic imine (C=N–C) groups is 1. The van der Waals surface area contributed by atoms with Gasteiger partial charge >= 0.3 is 0 Å². The van der Waals surface area contributed by atoms with Crippen molar-refractivity contribution in [3.05, 3.63) is 0 Å². The molecule has 1 aliphatic carbocycles. The lowest BCUT2D eigenvalue weighted by molar-refractivity contribution is -0.106. The van der Waals surface area contributed by atoms with Gasteiger partial charge in [-0.2, -0.15) is 11.8 Å². The standard InChI is InChI=1S/C15H27N3O2S/c1-14(2)11(10-4-6-20-12(10)14)18-13(16-3)17-8-15(19)5-7-21-9-15/h10-12,19H,4-9H2,1-3H3,(H2,16,17,18).